The lowest BCUT2D eigenvalue weighted by molar-refractivity contribution is -0.143. The summed E-state index contributed by atoms with van der Waals surface area (Å²) >= 11 is 1.54. The molecule has 2 fully saturated rings. The Kier molecular flexibility index (Phi) is 10.0. The Morgan fingerprint density at radius 1 is 0.979 bits per heavy atom. The number of halogens is 6. The summed E-state index contributed by atoms with van der Waals surface area (Å²) in [6, 6.07) is 2.81. The SMILES string of the molecule is CN(C)C1CCN(C(=O)[C@H](CC(=O)N2CCC(N3Cc4sccc4NC3=O)CC2)Cc2cc(C(F)(F)F)c(N)c(C(F)(F)F)c2)CC1. The van der Waals surface area contributed by atoms with E-state index in [0.717, 1.165) is 10.6 Å². The van der Waals surface area contributed by atoms with Crippen LogP contribution in [0.4, 0.5) is 42.5 Å². The molecule has 47 heavy (non-hydrogen) atoms. The number of alkyl halides is 6. The fourth-order valence-electron chi connectivity index (χ4n) is 6.74. The minimum absolute atomic E-state index is 0.124. The fourth-order valence-corrected chi connectivity index (χ4v) is 7.57. The van der Waals surface area contributed by atoms with Crippen LogP contribution in [0.15, 0.2) is 23.6 Å². The second-order valence-corrected chi connectivity index (χ2v) is 13.7. The standard InChI is InChI=1S/C31H38F6N6O3S/c1-40(2)20-3-10-42(11-4-20)28(45)19(13-18-14-22(30(32,33)34)27(38)23(15-18)31(35,36)37)16-26(44)41-8-5-21(6-9-41)43-17-25-24(7-12-47-25)39-29(43)46/h7,12,14-15,19-21H,3-6,8-11,13,16-17,38H2,1-2H3,(H,39,46)/t19-/m0/s1. The predicted octanol–water partition coefficient (Wildman–Crippen LogP) is 5.51. The zero-order valence-electron chi connectivity index (χ0n) is 26.1. The van der Waals surface area contributed by atoms with E-state index in [-0.39, 0.29) is 43.2 Å². The number of piperidine rings is 2. The quantitative estimate of drug-likeness (QED) is 0.295. The minimum Gasteiger partial charge on any atom is -0.398 e. The molecular formula is C31H38F6N6O3S. The lowest BCUT2D eigenvalue weighted by Crippen LogP contribution is -2.51. The molecule has 0 radical (unpaired) electrons. The number of likely N-dealkylation sites (tertiary alicyclic amines) is 2. The van der Waals surface area contributed by atoms with Crippen molar-refractivity contribution in [3.05, 3.63) is 45.1 Å². The average Bonchev–Trinajstić information content (AvgIpc) is 3.47. The highest BCUT2D eigenvalue weighted by molar-refractivity contribution is 7.10. The molecule has 3 aliphatic heterocycles. The highest BCUT2D eigenvalue weighted by Crippen LogP contribution is 2.42. The molecule has 3 N–H and O–H groups in total. The number of nitrogens with two attached hydrogens (primary N) is 1. The van der Waals surface area contributed by atoms with Gasteiger partial charge in [-0.05, 0) is 75.3 Å². The topological polar surface area (TPSA) is 102 Å². The van der Waals surface area contributed by atoms with Crippen molar-refractivity contribution in [2.24, 2.45) is 5.92 Å². The molecule has 0 spiro atoms. The molecule has 258 valence electrons. The van der Waals surface area contributed by atoms with Crippen LogP contribution < -0.4 is 11.1 Å². The van der Waals surface area contributed by atoms with Crippen LogP contribution in [-0.2, 0) is 34.9 Å². The first-order valence-electron chi connectivity index (χ1n) is 15.5. The van der Waals surface area contributed by atoms with Gasteiger partial charge in [0.15, 0.2) is 0 Å². The Morgan fingerprint density at radius 2 is 1.55 bits per heavy atom. The van der Waals surface area contributed by atoms with Gasteiger partial charge < -0.3 is 30.7 Å². The summed E-state index contributed by atoms with van der Waals surface area (Å²) in [5.74, 6) is -2.09. The third-order valence-electron chi connectivity index (χ3n) is 9.43. The number of anilines is 2. The number of fused-ring (bicyclic) bond motifs is 1. The zero-order valence-corrected chi connectivity index (χ0v) is 26.9. The van der Waals surface area contributed by atoms with Gasteiger partial charge in [0.2, 0.25) is 11.8 Å². The molecule has 0 unspecified atom stereocenters. The molecule has 1 aromatic carbocycles. The Hall–Kier alpha value is -3.53. The molecule has 0 bridgehead atoms. The van der Waals surface area contributed by atoms with Crippen LogP contribution in [0, 0.1) is 5.92 Å². The first-order valence-corrected chi connectivity index (χ1v) is 16.3. The normalized spacial score (nSPS) is 19.2. The van der Waals surface area contributed by atoms with E-state index in [1.807, 2.05) is 30.4 Å². The van der Waals surface area contributed by atoms with E-state index in [2.05, 4.69) is 5.32 Å². The number of nitrogen functional groups attached to an aromatic ring is 1. The summed E-state index contributed by atoms with van der Waals surface area (Å²) in [4.78, 5) is 48.0. The van der Waals surface area contributed by atoms with Crippen molar-refractivity contribution < 1.29 is 40.7 Å². The van der Waals surface area contributed by atoms with Gasteiger partial charge in [0.25, 0.3) is 0 Å². The largest absolute Gasteiger partial charge is 0.418 e. The van der Waals surface area contributed by atoms with Crippen LogP contribution in [0.2, 0.25) is 0 Å². The summed E-state index contributed by atoms with van der Waals surface area (Å²) < 4.78 is 82.6. The Bertz CT molecular complexity index is 1440. The fraction of sp³-hybridized carbons (Fsp3) is 0.581. The number of hydrogen-bond acceptors (Lipinski definition) is 6. The first-order chi connectivity index (χ1) is 22.0. The van der Waals surface area contributed by atoms with Crippen LogP contribution in [0.5, 0.6) is 0 Å². The van der Waals surface area contributed by atoms with Crippen molar-refractivity contribution in [2.75, 3.05) is 51.3 Å². The number of amides is 4. The second kappa shape index (κ2) is 13.5. The molecule has 0 aliphatic carbocycles. The van der Waals surface area contributed by atoms with Gasteiger partial charge in [0.05, 0.1) is 35.0 Å². The lowest BCUT2D eigenvalue weighted by atomic mass is 9.90. The molecule has 0 saturated carbocycles. The maximum Gasteiger partial charge on any atom is 0.418 e. The maximum absolute atomic E-state index is 13.8. The number of benzene rings is 1. The number of nitrogens with zero attached hydrogens (tertiary/aromatic N) is 4. The smallest absolute Gasteiger partial charge is 0.398 e. The molecule has 5 rings (SSSR count). The molecule has 9 nitrogen and oxygen atoms in total. The molecule has 3 aliphatic rings. The Morgan fingerprint density at radius 3 is 2.11 bits per heavy atom. The zero-order chi connectivity index (χ0) is 34.3. The van der Waals surface area contributed by atoms with Crippen molar-refractivity contribution in [1.82, 2.24) is 19.6 Å². The van der Waals surface area contributed by atoms with Gasteiger partial charge in [-0.15, -0.1) is 11.3 Å². The summed E-state index contributed by atoms with van der Waals surface area (Å²) in [6.07, 6.45) is -8.96. The number of nitrogens with one attached hydrogen (secondary N) is 1. The van der Waals surface area contributed by atoms with Gasteiger partial charge in [0, 0.05) is 49.6 Å². The number of hydrogen-bond donors (Lipinski definition) is 2. The molecule has 2 aromatic rings. The van der Waals surface area contributed by atoms with Gasteiger partial charge in [0.1, 0.15) is 0 Å². The van der Waals surface area contributed by atoms with Crippen molar-refractivity contribution in [1.29, 1.82) is 0 Å². The number of carbonyl (C=O) groups is 3. The molecule has 4 heterocycles. The third-order valence-corrected chi connectivity index (χ3v) is 10.3. The van der Waals surface area contributed by atoms with E-state index < -0.39 is 53.3 Å². The summed E-state index contributed by atoms with van der Waals surface area (Å²) in [7, 11) is 3.84. The number of thiophene rings is 1. The van der Waals surface area contributed by atoms with E-state index in [1.54, 1.807) is 14.7 Å². The highest BCUT2D eigenvalue weighted by atomic mass is 32.1. The van der Waals surface area contributed by atoms with Crippen LogP contribution in [0.25, 0.3) is 0 Å². The van der Waals surface area contributed by atoms with Crippen molar-refractivity contribution in [2.45, 2.75) is 69.5 Å². The average molecular weight is 689 g/mol. The number of rotatable bonds is 7. The molecule has 4 amide bonds. The lowest BCUT2D eigenvalue weighted by Gasteiger charge is -2.40. The van der Waals surface area contributed by atoms with E-state index in [0.29, 0.717) is 57.5 Å². The molecule has 16 heteroatoms. The van der Waals surface area contributed by atoms with E-state index in [4.69, 9.17) is 5.73 Å². The van der Waals surface area contributed by atoms with Gasteiger partial charge in [-0.25, -0.2) is 4.79 Å². The van der Waals surface area contributed by atoms with Gasteiger partial charge in [-0.2, -0.15) is 26.3 Å². The van der Waals surface area contributed by atoms with Crippen LogP contribution in [0.3, 0.4) is 0 Å². The van der Waals surface area contributed by atoms with E-state index >= 15 is 0 Å². The molecule has 1 aromatic heterocycles. The summed E-state index contributed by atoms with van der Waals surface area (Å²) in [5, 5.41) is 4.78. The van der Waals surface area contributed by atoms with Gasteiger partial charge >= 0.3 is 18.4 Å². The maximum atomic E-state index is 13.8. The van der Waals surface area contributed by atoms with E-state index in [9.17, 15) is 40.7 Å². The second-order valence-electron chi connectivity index (χ2n) is 12.7. The third kappa shape index (κ3) is 7.79. The Balaban J connectivity index is 1.33. The predicted molar refractivity (Wildman–Crippen MR) is 164 cm³/mol. The van der Waals surface area contributed by atoms with E-state index in [1.165, 1.54) is 11.3 Å². The van der Waals surface area contributed by atoms with Crippen LogP contribution >= 0.6 is 11.3 Å². The van der Waals surface area contributed by atoms with Crippen molar-refractivity contribution >= 4 is 40.6 Å². The molecule has 1 atom stereocenters. The van der Waals surface area contributed by atoms with Gasteiger partial charge in [-0.1, -0.05) is 0 Å². The number of urea groups is 1. The van der Waals surface area contributed by atoms with Crippen LogP contribution in [-0.4, -0.2) is 89.8 Å². The summed E-state index contributed by atoms with van der Waals surface area (Å²) in [6.45, 7) is 1.74. The molecule has 2 saturated heterocycles. The minimum atomic E-state index is -5.16. The first kappa shape index (κ1) is 34.8. The van der Waals surface area contributed by atoms with Crippen LogP contribution in [0.1, 0.15) is 53.7 Å². The molecular weight excluding hydrogens is 650 g/mol. The highest BCUT2D eigenvalue weighted by Gasteiger charge is 2.42. The van der Waals surface area contributed by atoms with Crippen molar-refractivity contribution in [3.63, 3.8) is 0 Å². The summed E-state index contributed by atoms with van der Waals surface area (Å²) in [5.41, 5.74) is 1.04. The van der Waals surface area contributed by atoms with Crippen molar-refractivity contribution in [3.8, 4) is 0 Å². The van der Waals surface area contributed by atoms with Gasteiger partial charge in [-0.3, -0.25) is 9.59 Å². The monoisotopic (exact) mass is 688 g/mol. The number of carbonyl (C=O) groups excluding carboxylic acids is 3. The Labute approximate surface area is 272 Å².